The summed E-state index contributed by atoms with van der Waals surface area (Å²) in [5.74, 6) is 0.275. The maximum Gasteiger partial charge on any atom is 0.421 e. The van der Waals surface area contributed by atoms with E-state index in [-0.39, 0.29) is 23.8 Å². The summed E-state index contributed by atoms with van der Waals surface area (Å²) in [6.45, 7) is 3.20. The predicted octanol–water partition coefficient (Wildman–Crippen LogP) is 2.02. The highest BCUT2D eigenvalue weighted by atomic mass is 19.4. The average Bonchev–Trinajstić information content (AvgIpc) is 3.47. The lowest BCUT2D eigenvalue weighted by Crippen LogP contribution is -2.51. The molecule has 1 unspecified atom stereocenters. The maximum atomic E-state index is 12.8. The summed E-state index contributed by atoms with van der Waals surface area (Å²) in [6.07, 6.45) is -2.91. The molecule has 2 amide bonds. The van der Waals surface area contributed by atoms with Gasteiger partial charge in [-0.15, -0.1) is 0 Å². The van der Waals surface area contributed by atoms with Crippen molar-refractivity contribution in [2.45, 2.75) is 38.5 Å². The summed E-state index contributed by atoms with van der Waals surface area (Å²) in [7, 11) is 0. The number of halogens is 3. The van der Waals surface area contributed by atoms with Gasteiger partial charge in [0.1, 0.15) is 11.7 Å². The van der Waals surface area contributed by atoms with Crippen molar-refractivity contribution >= 4 is 12.0 Å². The van der Waals surface area contributed by atoms with Gasteiger partial charge in [0.05, 0.1) is 0 Å². The number of aromatic amines is 1. The average molecular weight is 401 g/mol. The third kappa shape index (κ3) is 4.85. The molecule has 28 heavy (non-hydrogen) atoms. The van der Waals surface area contributed by atoms with E-state index in [9.17, 15) is 27.6 Å². The van der Waals surface area contributed by atoms with Gasteiger partial charge in [-0.1, -0.05) is 0 Å². The molecule has 2 fully saturated rings. The molecular formula is C18H22F3N3O4. The van der Waals surface area contributed by atoms with Crippen LogP contribution >= 0.6 is 0 Å². The van der Waals surface area contributed by atoms with Gasteiger partial charge in [-0.3, -0.25) is 9.59 Å². The van der Waals surface area contributed by atoms with E-state index >= 15 is 0 Å². The van der Waals surface area contributed by atoms with Gasteiger partial charge >= 0.3 is 12.3 Å². The molecule has 0 radical (unpaired) electrons. The van der Waals surface area contributed by atoms with Crippen molar-refractivity contribution < 1.29 is 27.5 Å². The van der Waals surface area contributed by atoms with E-state index < -0.39 is 29.5 Å². The molecule has 3 rings (SSSR count). The molecule has 7 nitrogen and oxygen atoms in total. The molecule has 1 aromatic rings. The van der Waals surface area contributed by atoms with Crippen LogP contribution in [0.25, 0.3) is 0 Å². The number of piperazine rings is 1. The van der Waals surface area contributed by atoms with Crippen LogP contribution in [0.5, 0.6) is 0 Å². The monoisotopic (exact) mass is 401 g/mol. The van der Waals surface area contributed by atoms with Gasteiger partial charge in [-0.05, 0) is 31.4 Å². The lowest BCUT2D eigenvalue weighted by molar-refractivity contribution is -0.138. The number of carbonyl (C=O) groups excluding carboxylic acids is 2. The van der Waals surface area contributed by atoms with Crippen molar-refractivity contribution in [2.24, 2.45) is 5.92 Å². The van der Waals surface area contributed by atoms with E-state index in [1.165, 1.54) is 11.1 Å². The van der Waals surface area contributed by atoms with Crippen LogP contribution in [0.4, 0.5) is 18.0 Å². The highest BCUT2D eigenvalue weighted by Crippen LogP contribution is 2.31. The number of hydrogen-bond acceptors (Lipinski definition) is 4. The van der Waals surface area contributed by atoms with Crippen molar-refractivity contribution in [1.82, 2.24) is 14.8 Å². The quantitative estimate of drug-likeness (QED) is 0.837. The molecule has 1 saturated heterocycles. The van der Waals surface area contributed by atoms with Crippen LogP contribution in [-0.2, 0) is 22.1 Å². The predicted molar refractivity (Wildman–Crippen MR) is 92.6 cm³/mol. The van der Waals surface area contributed by atoms with Gasteiger partial charge in [-0.2, -0.15) is 13.2 Å². The Balaban J connectivity index is 1.51. The van der Waals surface area contributed by atoms with Crippen molar-refractivity contribution in [3.63, 3.8) is 0 Å². The second-order valence-corrected chi connectivity index (χ2v) is 7.23. The molecule has 0 bridgehead atoms. The third-order valence-corrected chi connectivity index (χ3v) is 4.87. The molecule has 1 atom stereocenters. The minimum Gasteiger partial charge on any atom is -0.446 e. The van der Waals surface area contributed by atoms with Gasteiger partial charge in [0.15, 0.2) is 0 Å². The molecule has 1 aromatic heterocycles. The number of ether oxygens (including phenoxy) is 1. The van der Waals surface area contributed by atoms with Gasteiger partial charge < -0.3 is 19.5 Å². The molecule has 1 aliphatic heterocycles. The number of carbonyl (C=O) groups is 2. The van der Waals surface area contributed by atoms with E-state index in [2.05, 4.69) is 4.98 Å². The molecule has 10 heteroatoms. The van der Waals surface area contributed by atoms with Crippen LogP contribution in [0.15, 0.2) is 17.1 Å². The third-order valence-electron chi connectivity index (χ3n) is 4.87. The summed E-state index contributed by atoms with van der Waals surface area (Å²) < 4.78 is 43.8. The van der Waals surface area contributed by atoms with Gasteiger partial charge in [0.2, 0.25) is 5.91 Å². The summed E-state index contributed by atoms with van der Waals surface area (Å²) in [5, 5.41) is 0. The molecule has 1 aliphatic carbocycles. The first-order valence-corrected chi connectivity index (χ1v) is 9.18. The van der Waals surface area contributed by atoms with Crippen LogP contribution in [0.2, 0.25) is 0 Å². The van der Waals surface area contributed by atoms with Crippen LogP contribution in [0.3, 0.4) is 0 Å². The highest BCUT2D eigenvalue weighted by Gasteiger charge is 2.36. The number of alkyl halides is 3. The molecule has 2 aliphatic rings. The fourth-order valence-corrected chi connectivity index (χ4v) is 3.18. The fraction of sp³-hybridized carbons (Fsp3) is 0.611. The molecule has 1 N–H and O–H groups in total. The second kappa shape index (κ2) is 7.84. The lowest BCUT2D eigenvalue weighted by atomic mass is 10.1. The van der Waals surface area contributed by atoms with E-state index in [1.807, 2.05) is 0 Å². The van der Waals surface area contributed by atoms with Crippen LogP contribution < -0.4 is 5.56 Å². The topological polar surface area (TPSA) is 82.7 Å². The number of amides is 2. The second-order valence-electron chi connectivity index (χ2n) is 7.23. The highest BCUT2D eigenvalue weighted by molar-refractivity contribution is 5.81. The molecule has 0 spiro atoms. The van der Waals surface area contributed by atoms with Crippen molar-refractivity contribution in [1.29, 1.82) is 0 Å². The number of hydrogen-bond donors (Lipinski definition) is 1. The largest absolute Gasteiger partial charge is 0.446 e. The number of nitrogens with one attached hydrogen (secondary N) is 1. The Morgan fingerprint density at radius 2 is 1.82 bits per heavy atom. The Bertz CT molecular complexity index is 796. The van der Waals surface area contributed by atoms with E-state index in [4.69, 9.17) is 4.74 Å². The van der Waals surface area contributed by atoms with Gasteiger partial charge in [0.25, 0.3) is 5.56 Å². The summed E-state index contributed by atoms with van der Waals surface area (Å²) in [4.78, 5) is 40.9. The Morgan fingerprint density at radius 3 is 2.39 bits per heavy atom. The Labute approximate surface area is 159 Å². The molecule has 2 heterocycles. The van der Waals surface area contributed by atoms with Gasteiger partial charge in [0, 0.05) is 44.7 Å². The van der Waals surface area contributed by atoms with Crippen molar-refractivity contribution in [3.8, 4) is 0 Å². The molecule has 1 saturated carbocycles. The summed E-state index contributed by atoms with van der Waals surface area (Å²) in [6, 6.07) is 0.769. The smallest absolute Gasteiger partial charge is 0.421 e. The first-order chi connectivity index (χ1) is 13.1. The van der Waals surface area contributed by atoms with Crippen molar-refractivity contribution in [2.75, 3.05) is 26.2 Å². The molecule has 154 valence electrons. The van der Waals surface area contributed by atoms with Crippen LogP contribution in [0.1, 0.15) is 30.9 Å². The summed E-state index contributed by atoms with van der Waals surface area (Å²) in [5.41, 5.74) is -2.27. The Morgan fingerprint density at radius 1 is 1.21 bits per heavy atom. The van der Waals surface area contributed by atoms with Crippen LogP contribution in [-0.4, -0.2) is 59.1 Å². The number of H-pyrrole nitrogens is 1. The van der Waals surface area contributed by atoms with Gasteiger partial charge in [-0.25, -0.2) is 4.79 Å². The maximum absolute atomic E-state index is 12.8. The molecular weight excluding hydrogens is 379 g/mol. The number of pyridine rings is 1. The minimum atomic E-state index is -4.75. The number of nitrogens with zero attached hydrogens (tertiary/aromatic N) is 2. The van der Waals surface area contributed by atoms with E-state index in [1.54, 1.807) is 11.8 Å². The molecule has 0 aromatic carbocycles. The zero-order valence-corrected chi connectivity index (χ0v) is 15.4. The fourth-order valence-electron chi connectivity index (χ4n) is 3.18. The normalized spacial score (nSPS) is 18.7. The lowest BCUT2D eigenvalue weighted by Gasteiger charge is -2.34. The first kappa shape index (κ1) is 20.2. The first-order valence-electron chi connectivity index (χ1n) is 9.18. The SMILES string of the molecule is CC(Cc1c[nH]c(=O)c(C(F)(F)F)c1)OC(=O)N1CCN(C(=O)C2CC2)CC1. The zero-order valence-electron chi connectivity index (χ0n) is 15.4. The standard InChI is InChI=1S/C18H22F3N3O4/c1-11(8-12-9-14(18(19,20)21)15(25)22-10-12)28-17(27)24-6-4-23(5-7-24)16(26)13-2-3-13/h9-11,13H,2-8H2,1H3,(H,22,25). The van der Waals surface area contributed by atoms with E-state index in [0.29, 0.717) is 26.2 Å². The van der Waals surface area contributed by atoms with Crippen LogP contribution in [0, 0.1) is 5.92 Å². The Hall–Kier alpha value is -2.52. The minimum absolute atomic E-state index is 0.0335. The Kier molecular flexibility index (Phi) is 5.66. The zero-order chi connectivity index (χ0) is 20.5. The van der Waals surface area contributed by atoms with E-state index in [0.717, 1.165) is 18.9 Å². The number of rotatable bonds is 4. The number of aromatic nitrogens is 1. The summed E-state index contributed by atoms with van der Waals surface area (Å²) >= 11 is 0. The van der Waals surface area contributed by atoms with Crippen molar-refractivity contribution in [3.05, 3.63) is 33.7 Å².